The van der Waals surface area contributed by atoms with E-state index in [-0.39, 0.29) is 12.2 Å². The summed E-state index contributed by atoms with van der Waals surface area (Å²) in [6.07, 6.45) is 0.543. The molecule has 1 aliphatic heterocycles. The van der Waals surface area contributed by atoms with Crippen molar-refractivity contribution in [2.24, 2.45) is 12.8 Å². The number of aliphatic hydroxyl groups excluding tert-OH is 1. The SMILES string of the molecule is CCCNC(=O)N1C(=O)C(C(N)=O)(c2ccn(C)n2)C(O)CN1c1ccc(C#N)cc1. The summed E-state index contributed by atoms with van der Waals surface area (Å²) >= 11 is 0. The second-order valence-corrected chi connectivity index (χ2v) is 7.15. The van der Waals surface area contributed by atoms with Crippen molar-refractivity contribution in [1.82, 2.24) is 20.1 Å². The van der Waals surface area contributed by atoms with Gasteiger partial charge in [-0.05, 0) is 36.8 Å². The third-order valence-corrected chi connectivity index (χ3v) is 5.14. The summed E-state index contributed by atoms with van der Waals surface area (Å²) in [5.41, 5.74) is 4.09. The van der Waals surface area contributed by atoms with E-state index in [1.54, 1.807) is 7.05 Å². The zero-order valence-corrected chi connectivity index (χ0v) is 17.1. The number of primary amides is 1. The molecule has 1 aliphatic rings. The minimum Gasteiger partial charge on any atom is -0.389 e. The van der Waals surface area contributed by atoms with Crippen LogP contribution in [0.3, 0.4) is 0 Å². The van der Waals surface area contributed by atoms with Crippen molar-refractivity contribution < 1.29 is 19.5 Å². The number of hydrazine groups is 1. The molecule has 3 rings (SSSR count). The van der Waals surface area contributed by atoms with Gasteiger partial charge in [0.2, 0.25) is 11.3 Å². The molecule has 4 amide bonds. The minimum absolute atomic E-state index is 0.0484. The van der Waals surface area contributed by atoms with Crippen LogP contribution >= 0.6 is 0 Å². The molecular formula is C20H23N7O4. The Kier molecular flexibility index (Phi) is 5.94. The van der Waals surface area contributed by atoms with Crippen molar-refractivity contribution in [3.8, 4) is 6.07 Å². The second kappa shape index (κ2) is 8.45. The van der Waals surface area contributed by atoms with E-state index in [4.69, 9.17) is 11.0 Å². The smallest absolute Gasteiger partial charge is 0.343 e. The summed E-state index contributed by atoms with van der Waals surface area (Å²) in [4.78, 5) is 39.2. The van der Waals surface area contributed by atoms with Gasteiger partial charge in [0.05, 0.1) is 29.6 Å². The first-order valence-electron chi connectivity index (χ1n) is 9.65. The number of anilines is 1. The number of amides is 4. The van der Waals surface area contributed by atoms with Crippen LogP contribution in [0.5, 0.6) is 0 Å². The predicted molar refractivity (Wildman–Crippen MR) is 109 cm³/mol. The highest BCUT2D eigenvalue weighted by Crippen LogP contribution is 2.36. The maximum absolute atomic E-state index is 13.7. The number of aryl methyl sites for hydroxylation is 1. The van der Waals surface area contributed by atoms with Gasteiger partial charge in [0.1, 0.15) is 6.10 Å². The van der Waals surface area contributed by atoms with E-state index in [1.807, 2.05) is 13.0 Å². The molecule has 2 atom stereocenters. The van der Waals surface area contributed by atoms with E-state index >= 15 is 0 Å². The molecule has 1 aromatic heterocycles. The van der Waals surface area contributed by atoms with Crippen LogP contribution in [0.4, 0.5) is 10.5 Å². The minimum atomic E-state index is -2.24. The molecule has 2 aromatic rings. The fraction of sp³-hybridized carbons (Fsp3) is 0.350. The van der Waals surface area contributed by atoms with E-state index in [1.165, 1.54) is 46.2 Å². The van der Waals surface area contributed by atoms with Crippen molar-refractivity contribution in [2.75, 3.05) is 18.1 Å². The van der Waals surface area contributed by atoms with Crippen molar-refractivity contribution in [3.05, 3.63) is 47.8 Å². The predicted octanol–water partition coefficient (Wildman–Crippen LogP) is -0.241. The number of β-amino-alcohol motifs (C(OH)–C–C–N with tert-alkyl or cyclic N) is 1. The van der Waals surface area contributed by atoms with Crippen molar-refractivity contribution >= 4 is 23.5 Å². The number of nitrogens with two attached hydrogens (primary N) is 1. The highest BCUT2D eigenvalue weighted by atomic mass is 16.3. The Labute approximate surface area is 178 Å². The summed E-state index contributed by atoms with van der Waals surface area (Å²) in [6, 6.07) is 8.73. The lowest BCUT2D eigenvalue weighted by atomic mass is 9.75. The lowest BCUT2D eigenvalue weighted by Crippen LogP contribution is -2.73. The van der Waals surface area contributed by atoms with Gasteiger partial charge in [-0.15, -0.1) is 0 Å². The molecule has 1 saturated heterocycles. The highest BCUT2D eigenvalue weighted by Gasteiger charge is 2.61. The number of rotatable bonds is 5. The Balaban J connectivity index is 2.14. The maximum Gasteiger partial charge on any atom is 0.343 e. The Morgan fingerprint density at radius 1 is 1.35 bits per heavy atom. The van der Waals surface area contributed by atoms with Crippen LogP contribution in [0.1, 0.15) is 24.6 Å². The van der Waals surface area contributed by atoms with Gasteiger partial charge in [-0.2, -0.15) is 15.4 Å². The second-order valence-electron chi connectivity index (χ2n) is 7.15. The molecule has 0 saturated carbocycles. The molecule has 31 heavy (non-hydrogen) atoms. The van der Waals surface area contributed by atoms with Gasteiger partial charge in [0, 0.05) is 19.8 Å². The molecule has 4 N–H and O–H groups in total. The number of nitriles is 1. The zero-order valence-electron chi connectivity index (χ0n) is 17.1. The molecule has 162 valence electrons. The van der Waals surface area contributed by atoms with Crippen LogP contribution in [0, 0.1) is 11.3 Å². The molecule has 0 bridgehead atoms. The number of nitrogens with zero attached hydrogens (tertiary/aromatic N) is 5. The summed E-state index contributed by atoms with van der Waals surface area (Å²) in [5, 5.41) is 28.8. The first kappa shape index (κ1) is 21.8. The number of aromatic nitrogens is 2. The maximum atomic E-state index is 13.7. The standard InChI is InChI=1S/C20H23N7O4/c1-3-9-23-19(31)27-18(30)20(17(22)29,15-8-10-25(2)24-15)16(28)12-26(27)14-6-4-13(11-21)5-7-14/h4-8,10,16,28H,3,9,12H2,1-2H3,(H2,22,29)(H,23,31). The van der Waals surface area contributed by atoms with Crippen LogP contribution in [0.15, 0.2) is 36.5 Å². The van der Waals surface area contributed by atoms with Crippen LogP contribution in [-0.4, -0.2) is 56.9 Å². The summed E-state index contributed by atoms with van der Waals surface area (Å²) in [5.74, 6) is -2.13. The number of hydrogen-bond donors (Lipinski definition) is 3. The quantitative estimate of drug-likeness (QED) is 0.558. The summed E-state index contributed by atoms with van der Waals surface area (Å²) in [7, 11) is 1.59. The van der Waals surface area contributed by atoms with Gasteiger partial charge < -0.3 is 16.2 Å². The molecule has 2 heterocycles. The average Bonchev–Trinajstić information content (AvgIpc) is 3.18. The zero-order chi connectivity index (χ0) is 22.8. The van der Waals surface area contributed by atoms with E-state index in [9.17, 15) is 19.5 Å². The number of aliphatic hydroxyl groups is 1. The highest BCUT2D eigenvalue weighted by molar-refractivity contribution is 6.16. The Morgan fingerprint density at radius 2 is 2.03 bits per heavy atom. The number of imide groups is 1. The normalized spacial score (nSPS) is 21.0. The molecule has 11 heteroatoms. The summed E-state index contributed by atoms with van der Waals surface area (Å²) in [6.45, 7) is 1.85. The Hall–Kier alpha value is -3.91. The third kappa shape index (κ3) is 3.57. The van der Waals surface area contributed by atoms with Gasteiger partial charge in [-0.3, -0.25) is 19.3 Å². The molecule has 0 spiro atoms. The number of urea groups is 1. The fourth-order valence-corrected chi connectivity index (χ4v) is 3.54. The molecule has 0 radical (unpaired) electrons. The van der Waals surface area contributed by atoms with Crippen LogP contribution < -0.4 is 16.1 Å². The van der Waals surface area contributed by atoms with Crippen LogP contribution in [-0.2, 0) is 22.1 Å². The number of benzene rings is 1. The van der Waals surface area contributed by atoms with E-state index in [0.29, 0.717) is 24.2 Å². The Morgan fingerprint density at radius 3 is 2.55 bits per heavy atom. The average molecular weight is 425 g/mol. The van der Waals surface area contributed by atoms with E-state index in [0.717, 1.165) is 5.01 Å². The first-order chi connectivity index (χ1) is 14.8. The lowest BCUT2D eigenvalue weighted by molar-refractivity contribution is -0.151. The van der Waals surface area contributed by atoms with Gasteiger partial charge in [0.15, 0.2) is 0 Å². The summed E-state index contributed by atoms with van der Waals surface area (Å²) < 4.78 is 1.37. The van der Waals surface area contributed by atoms with Gasteiger partial charge >= 0.3 is 6.03 Å². The number of carbonyl (C=O) groups excluding carboxylic acids is 3. The van der Waals surface area contributed by atoms with Gasteiger partial charge in [-0.1, -0.05) is 6.92 Å². The molecule has 1 fully saturated rings. The topological polar surface area (TPSA) is 158 Å². The fourth-order valence-electron chi connectivity index (χ4n) is 3.54. The van der Waals surface area contributed by atoms with Gasteiger partial charge in [-0.25, -0.2) is 4.79 Å². The molecular weight excluding hydrogens is 402 g/mol. The van der Waals surface area contributed by atoms with Gasteiger partial charge in [0.25, 0.3) is 5.91 Å². The molecule has 1 aromatic carbocycles. The van der Waals surface area contributed by atoms with E-state index in [2.05, 4.69) is 10.4 Å². The van der Waals surface area contributed by atoms with Crippen LogP contribution in [0.2, 0.25) is 0 Å². The molecule has 11 nitrogen and oxygen atoms in total. The first-order valence-corrected chi connectivity index (χ1v) is 9.65. The third-order valence-electron chi connectivity index (χ3n) is 5.14. The number of nitrogens with one attached hydrogen (secondary N) is 1. The van der Waals surface area contributed by atoms with Crippen LogP contribution in [0.25, 0.3) is 0 Å². The molecule has 0 aliphatic carbocycles. The monoisotopic (exact) mass is 425 g/mol. The van der Waals surface area contributed by atoms with Crippen molar-refractivity contribution in [1.29, 1.82) is 5.26 Å². The Bertz CT molecular complexity index is 1040. The largest absolute Gasteiger partial charge is 0.389 e. The lowest BCUT2D eigenvalue weighted by Gasteiger charge is -2.47. The van der Waals surface area contributed by atoms with E-state index < -0.39 is 29.4 Å². The number of hydrogen-bond acceptors (Lipinski definition) is 7. The number of carbonyl (C=O) groups is 3. The van der Waals surface area contributed by atoms with Crippen molar-refractivity contribution in [3.63, 3.8) is 0 Å². The molecule has 2 unspecified atom stereocenters. The van der Waals surface area contributed by atoms with Crippen molar-refractivity contribution in [2.45, 2.75) is 24.9 Å².